The normalized spacial score (nSPS) is 18.8. The number of carbonyl (C=O) groups excluding carboxylic acids is 1. The first kappa shape index (κ1) is 16.9. The highest BCUT2D eigenvalue weighted by molar-refractivity contribution is 7.97. The summed E-state index contributed by atoms with van der Waals surface area (Å²) >= 11 is 1.56. The number of carbonyl (C=O) groups is 1. The number of benzene rings is 1. The Morgan fingerprint density at radius 2 is 2.25 bits per heavy atom. The van der Waals surface area contributed by atoms with Crippen molar-refractivity contribution >= 4 is 27.7 Å². The molecule has 24 heavy (non-hydrogen) atoms. The molecule has 128 valence electrons. The van der Waals surface area contributed by atoms with Gasteiger partial charge in [-0.15, -0.1) is 0 Å². The molecular weight excluding hydrogens is 352 g/mol. The summed E-state index contributed by atoms with van der Waals surface area (Å²) in [5, 5.41) is 6.40. The number of hydrogen-bond donors (Lipinski definition) is 2. The lowest BCUT2D eigenvalue weighted by Crippen LogP contribution is -2.50. The lowest BCUT2D eigenvalue weighted by atomic mass is 10.1. The van der Waals surface area contributed by atoms with Gasteiger partial charge in [0.1, 0.15) is 6.04 Å². The Bertz CT molecular complexity index is 850. The average molecular weight is 368 g/mol. The molecule has 0 aliphatic carbocycles. The highest BCUT2D eigenvalue weighted by Gasteiger charge is 2.33. The van der Waals surface area contributed by atoms with E-state index in [0.717, 1.165) is 0 Å². The van der Waals surface area contributed by atoms with Crippen molar-refractivity contribution in [2.75, 3.05) is 6.26 Å². The van der Waals surface area contributed by atoms with Crippen LogP contribution in [0.1, 0.15) is 17.3 Å². The third-order valence-corrected chi connectivity index (χ3v) is 5.62. The van der Waals surface area contributed by atoms with Gasteiger partial charge in [0, 0.05) is 0 Å². The van der Waals surface area contributed by atoms with E-state index >= 15 is 0 Å². The van der Waals surface area contributed by atoms with Crippen LogP contribution in [0.3, 0.4) is 0 Å². The van der Waals surface area contributed by atoms with Crippen molar-refractivity contribution in [3.63, 3.8) is 0 Å². The molecule has 1 aliphatic rings. The Balaban J connectivity index is 1.65. The maximum atomic E-state index is 12.3. The first-order valence-electron chi connectivity index (χ1n) is 7.18. The van der Waals surface area contributed by atoms with Crippen LogP contribution < -0.4 is 10.0 Å². The van der Waals surface area contributed by atoms with Crippen LogP contribution in [-0.2, 0) is 33.5 Å². The zero-order valence-corrected chi connectivity index (χ0v) is 14.5. The first-order valence-corrected chi connectivity index (χ1v) is 10.1. The fraction of sp³-hybridized carbons (Fsp3) is 0.357. The van der Waals surface area contributed by atoms with Gasteiger partial charge < -0.3 is 9.84 Å². The molecule has 0 bridgehead atoms. The minimum atomic E-state index is -3.69. The van der Waals surface area contributed by atoms with Crippen LogP contribution >= 0.6 is 11.8 Å². The van der Waals surface area contributed by atoms with Crippen LogP contribution in [0.4, 0.5) is 0 Å². The van der Waals surface area contributed by atoms with E-state index in [-0.39, 0.29) is 17.3 Å². The van der Waals surface area contributed by atoms with Gasteiger partial charge in [-0.3, -0.25) is 4.79 Å². The molecule has 2 aromatic rings. The molecular formula is C14H16N4O4S2. The zero-order valence-electron chi connectivity index (χ0n) is 12.9. The second-order valence-corrected chi connectivity index (χ2v) is 7.79. The van der Waals surface area contributed by atoms with Gasteiger partial charge in [0.25, 0.3) is 0 Å². The quantitative estimate of drug-likeness (QED) is 0.787. The Labute approximate surface area is 143 Å². The largest absolute Gasteiger partial charge is 0.346 e. The minimum Gasteiger partial charge on any atom is -0.346 e. The van der Waals surface area contributed by atoms with Gasteiger partial charge >= 0.3 is 0 Å². The molecule has 2 N–H and O–H groups in total. The molecule has 1 aromatic carbocycles. The highest BCUT2D eigenvalue weighted by Crippen LogP contribution is 2.22. The Morgan fingerprint density at radius 3 is 3.04 bits per heavy atom. The van der Waals surface area contributed by atoms with Crippen LogP contribution in [-0.4, -0.2) is 36.8 Å². The monoisotopic (exact) mass is 368 g/mol. The number of amides is 1. The molecule has 0 saturated heterocycles. The average Bonchev–Trinajstić information content (AvgIpc) is 3.00. The summed E-state index contributed by atoms with van der Waals surface area (Å²) in [7, 11) is -3.69. The third-order valence-electron chi connectivity index (χ3n) is 3.50. The Kier molecular flexibility index (Phi) is 4.88. The first-order chi connectivity index (χ1) is 11.5. The minimum absolute atomic E-state index is 0.0556. The third kappa shape index (κ3) is 3.60. The van der Waals surface area contributed by atoms with E-state index in [2.05, 4.69) is 20.2 Å². The molecule has 0 radical (unpaired) electrons. The molecule has 1 aromatic heterocycles. The molecule has 0 saturated carbocycles. The molecule has 0 fully saturated rings. The smallest absolute Gasteiger partial charge is 0.246 e. The van der Waals surface area contributed by atoms with Gasteiger partial charge in [-0.1, -0.05) is 23.4 Å². The van der Waals surface area contributed by atoms with E-state index in [1.807, 2.05) is 6.26 Å². The Hall–Kier alpha value is -1.91. The van der Waals surface area contributed by atoms with Crippen molar-refractivity contribution in [1.29, 1.82) is 0 Å². The molecule has 2 heterocycles. The van der Waals surface area contributed by atoms with Crippen molar-refractivity contribution in [2.24, 2.45) is 0 Å². The topological polar surface area (TPSA) is 114 Å². The second-order valence-electron chi connectivity index (χ2n) is 5.24. The lowest BCUT2D eigenvalue weighted by Gasteiger charge is -2.24. The standard InChI is InChI=1S/C14H16N4O4S2/c1-23-8-12-16-13(22-17-12)7-15-14(19)10-6-9-4-2-3-5-11(9)24(20,21)18-10/h2-5,10,18H,6-8H2,1H3,(H,15,19)/t10-/m1/s1. The van der Waals surface area contributed by atoms with Gasteiger partial charge in [0.2, 0.25) is 21.8 Å². The van der Waals surface area contributed by atoms with E-state index in [1.54, 1.807) is 30.0 Å². The molecule has 0 unspecified atom stereocenters. The van der Waals surface area contributed by atoms with Crippen molar-refractivity contribution in [3.05, 3.63) is 41.5 Å². The predicted molar refractivity (Wildman–Crippen MR) is 87.6 cm³/mol. The zero-order chi connectivity index (χ0) is 17.2. The van der Waals surface area contributed by atoms with Crippen molar-refractivity contribution in [2.45, 2.75) is 29.7 Å². The predicted octanol–water partition coefficient (Wildman–Crippen LogP) is 0.452. The van der Waals surface area contributed by atoms with Gasteiger partial charge in [-0.25, -0.2) is 8.42 Å². The number of thioether (sulfide) groups is 1. The van der Waals surface area contributed by atoms with Crippen molar-refractivity contribution < 1.29 is 17.7 Å². The van der Waals surface area contributed by atoms with Crippen molar-refractivity contribution in [3.8, 4) is 0 Å². The summed E-state index contributed by atoms with van der Waals surface area (Å²) in [6, 6.07) is 5.78. The maximum Gasteiger partial charge on any atom is 0.246 e. The van der Waals surface area contributed by atoms with Crippen LogP contribution in [0.2, 0.25) is 0 Å². The summed E-state index contributed by atoms with van der Waals surface area (Å²) < 4.78 is 31.8. The van der Waals surface area contributed by atoms with Crippen LogP contribution in [0, 0.1) is 0 Å². The Morgan fingerprint density at radius 1 is 1.46 bits per heavy atom. The molecule has 8 nitrogen and oxygen atoms in total. The summed E-state index contributed by atoms with van der Waals surface area (Å²) in [5.74, 6) is 1.03. The molecule has 1 amide bonds. The SMILES string of the molecule is CSCc1noc(CNC(=O)[C@H]2Cc3ccccc3S(=O)(=O)N2)n1. The van der Waals surface area contributed by atoms with Gasteiger partial charge in [0.05, 0.1) is 17.2 Å². The molecule has 3 rings (SSSR count). The van der Waals surface area contributed by atoms with E-state index in [1.165, 1.54) is 6.07 Å². The van der Waals surface area contributed by atoms with Gasteiger partial charge in [-0.2, -0.15) is 21.5 Å². The molecule has 0 spiro atoms. The van der Waals surface area contributed by atoms with Crippen LogP contribution in [0.5, 0.6) is 0 Å². The van der Waals surface area contributed by atoms with Gasteiger partial charge in [0.15, 0.2) is 5.82 Å². The number of rotatable bonds is 5. The van der Waals surface area contributed by atoms with Crippen molar-refractivity contribution in [1.82, 2.24) is 20.2 Å². The fourth-order valence-corrected chi connectivity index (χ4v) is 4.25. The van der Waals surface area contributed by atoms with E-state index in [0.29, 0.717) is 23.6 Å². The van der Waals surface area contributed by atoms with E-state index in [9.17, 15) is 13.2 Å². The number of fused-ring (bicyclic) bond motifs is 1. The lowest BCUT2D eigenvalue weighted by molar-refractivity contribution is -0.123. The highest BCUT2D eigenvalue weighted by atomic mass is 32.2. The number of sulfonamides is 1. The second kappa shape index (κ2) is 6.91. The van der Waals surface area contributed by atoms with Crippen LogP contribution in [0.25, 0.3) is 0 Å². The number of hydrogen-bond acceptors (Lipinski definition) is 7. The molecule has 1 aliphatic heterocycles. The number of nitrogens with one attached hydrogen (secondary N) is 2. The fourth-order valence-electron chi connectivity index (χ4n) is 2.43. The number of nitrogens with zero attached hydrogens (tertiary/aromatic N) is 2. The molecule has 10 heteroatoms. The maximum absolute atomic E-state index is 12.3. The van der Waals surface area contributed by atoms with E-state index in [4.69, 9.17) is 4.52 Å². The molecule has 1 atom stereocenters. The summed E-state index contributed by atoms with van der Waals surface area (Å²) in [5.41, 5.74) is 0.622. The van der Waals surface area contributed by atoms with E-state index < -0.39 is 22.0 Å². The summed E-state index contributed by atoms with van der Waals surface area (Å²) in [6.45, 7) is 0.0556. The van der Waals surface area contributed by atoms with Gasteiger partial charge in [-0.05, 0) is 24.3 Å². The number of aromatic nitrogens is 2. The van der Waals surface area contributed by atoms with Crippen LogP contribution in [0.15, 0.2) is 33.7 Å². The summed E-state index contributed by atoms with van der Waals surface area (Å²) in [4.78, 5) is 16.6. The summed E-state index contributed by atoms with van der Waals surface area (Å²) in [6.07, 6.45) is 2.22.